The third-order valence-corrected chi connectivity index (χ3v) is 7.35. The molecule has 1 saturated heterocycles. The molecule has 0 atom stereocenters. The molecule has 1 aromatic carbocycles. The molecule has 3 fully saturated rings. The Kier molecular flexibility index (Phi) is 5.96. The van der Waals surface area contributed by atoms with Gasteiger partial charge in [-0.25, -0.2) is 0 Å². The summed E-state index contributed by atoms with van der Waals surface area (Å²) in [5.41, 5.74) is 0.619. The van der Waals surface area contributed by atoms with E-state index in [2.05, 4.69) is 5.32 Å². The summed E-state index contributed by atoms with van der Waals surface area (Å²) in [6.45, 7) is 1.54. The van der Waals surface area contributed by atoms with Gasteiger partial charge in [0.1, 0.15) is 0 Å². The number of piperidine rings is 1. The highest BCUT2D eigenvalue weighted by Gasteiger charge is 2.46. The van der Waals surface area contributed by atoms with Crippen LogP contribution in [0.1, 0.15) is 69.8 Å². The largest absolute Gasteiger partial charge is 0.352 e. The van der Waals surface area contributed by atoms with Crippen molar-refractivity contribution in [2.75, 3.05) is 13.1 Å². The molecule has 0 unspecified atom stereocenters. The molecule has 0 aromatic heterocycles. The molecule has 152 valence electrons. The molecule has 3 aliphatic rings. The molecule has 2 amide bonds. The maximum atomic E-state index is 13.2. The van der Waals surface area contributed by atoms with E-state index in [0.29, 0.717) is 10.9 Å². The number of amides is 2. The molecular weight excluding hydrogens is 372 g/mol. The first-order valence-corrected chi connectivity index (χ1v) is 11.3. The molecular formula is C23H31ClN2O2. The van der Waals surface area contributed by atoms with E-state index in [1.807, 2.05) is 29.2 Å². The van der Waals surface area contributed by atoms with Gasteiger partial charge in [-0.05, 0) is 56.2 Å². The van der Waals surface area contributed by atoms with Gasteiger partial charge in [0.15, 0.2) is 0 Å². The smallest absolute Gasteiger partial charge is 0.230 e. The topological polar surface area (TPSA) is 49.4 Å². The summed E-state index contributed by atoms with van der Waals surface area (Å²) in [5.74, 6) is 0.720. The quantitative estimate of drug-likeness (QED) is 0.808. The van der Waals surface area contributed by atoms with Gasteiger partial charge < -0.3 is 10.2 Å². The van der Waals surface area contributed by atoms with Gasteiger partial charge in [-0.2, -0.15) is 0 Å². The van der Waals surface area contributed by atoms with Gasteiger partial charge >= 0.3 is 0 Å². The maximum absolute atomic E-state index is 13.2. The number of carbonyl (C=O) groups excluding carboxylic acids is 2. The lowest BCUT2D eigenvalue weighted by atomic mass is 9.63. The predicted octanol–water partition coefficient (Wildman–Crippen LogP) is 4.45. The fraction of sp³-hybridized carbons (Fsp3) is 0.652. The van der Waals surface area contributed by atoms with E-state index in [4.69, 9.17) is 11.6 Å². The van der Waals surface area contributed by atoms with Gasteiger partial charge in [-0.1, -0.05) is 49.4 Å². The number of likely N-dealkylation sites (tertiary alicyclic amines) is 1. The van der Waals surface area contributed by atoms with Crippen molar-refractivity contribution in [2.45, 2.75) is 75.7 Å². The number of carbonyl (C=O) groups is 2. The molecule has 2 aliphatic carbocycles. The van der Waals surface area contributed by atoms with Crippen LogP contribution in [0.3, 0.4) is 0 Å². The Morgan fingerprint density at radius 3 is 2.32 bits per heavy atom. The van der Waals surface area contributed by atoms with E-state index in [0.717, 1.165) is 63.6 Å². The zero-order valence-corrected chi connectivity index (χ0v) is 17.3. The minimum Gasteiger partial charge on any atom is -0.352 e. The van der Waals surface area contributed by atoms with Gasteiger partial charge in [0.05, 0.1) is 5.41 Å². The van der Waals surface area contributed by atoms with Crippen LogP contribution in [0.25, 0.3) is 0 Å². The lowest BCUT2D eigenvalue weighted by Gasteiger charge is -2.43. The zero-order valence-electron chi connectivity index (χ0n) is 16.6. The van der Waals surface area contributed by atoms with Crippen molar-refractivity contribution in [2.24, 2.45) is 5.92 Å². The van der Waals surface area contributed by atoms with Crippen LogP contribution in [-0.4, -0.2) is 35.8 Å². The third-order valence-electron chi connectivity index (χ3n) is 7.12. The number of benzene rings is 1. The van der Waals surface area contributed by atoms with Crippen LogP contribution in [0, 0.1) is 5.92 Å². The Morgan fingerprint density at radius 1 is 1.00 bits per heavy atom. The number of halogens is 1. The molecule has 1 aliphatic heterocycles. The number of nitrogens with one attached hydrogen (secondary N) is 1. The van der Waals surface area contributed by atoms with Crippen LogP contribution in [0.15, 0.2) is 24.3 Å². The number of hydrogen-bond acceptors (Lipinski definition) is 2. The van der Waals surface area contributed by atoms with Crippen molar-refractivity contribution in [1.82, 2.24) is 10.2 Å². The standard InChI is InChI=1S/C23H31ClN2O2/c24-19-9-4-8-18(16-19)23(12-5-13-23)22(28)25-20-10-14-26(15-11-20)21(27)17-6-2-1-3-7-17/h4,8-9,16-17,20H,1-3,5-7,10-15H2,(H,25,28). The van der Waals surface area contributed by atoms with Gasteiger partial charge in [0, 0.05) is 30.1 Å². The second-order valence-corrected chi connectivity index (χ2v) is 9.29. The Bertz CT molecular complexity index is 717. The van der Waals surface area contributed by atoms with Gasteiger partial charge in [-0.15, -0.1) is 0 Å². The fourth-order valence-corrected chi connectivity index (χ4v) is 5.33. The van der Waals surface area contributed by atoms with Crippen molar-refractivity contribution < 1.29 is 9.59 Å². The first-order chi connectivity index (χ1) is 13.6. The van der Waals surface area contributed by atoms with Crippen molar-refractivity contribution >= 4 is 23.4 Å². The first kappa shape index (κ1) is 19.8. The molecule has 1 N–H and O–H groups in total. The van der Waals surface area contributed by atoms with Gasteiger partial charge in [0.2, 0.25) is 11.8 Å². The minimum absolute atomic E-state index is 0.137. The number of rotatable bonds is 4. The highest BCUT2D eigenvalue weighted by Crippen LogP contribution is 2.44. The highest BCUT2D eigenvalue weighted by atomic mass is 35.5. The monoisotopic (exact) mass is 402 g/mol. The Morgan fingerprint density at radius 2 is 1.71 bits per heavy atom. The van der Waals surface area contributed by atoms with E-state index in [1.165, 1.54) is 19.3 Å². The van der Waals surface area contributed by atoms with Crippen LogP contribution in [-0.2, 0) is 15.0 Å². The van der Waals surface area contributed by atoms with E-state index < -0.39 is 5.41 Å². The Balaban J connectivity index is 1.33. The molecule has 1 heterocycles. The van der Waals surface area contributed by atoms with Gasteiger partial charge in [-0.3, -0.25) is 9.59 Å². The molecule has 28 heavy (non-hydrogen) atoms. The third kappa shape index (κ3) is 3.94. The van der Waals surface area contributed by atoms with Crippen molar-refractivity contribution in [3.8, 4) is 0 Å². The summed E-state index contributed by atoms with van der Waals surface area (Å²) >= 11 is 6.17. The Labute approximate surface area is 173 Å². The number of nitrogens with zero attached hydrogens (tertiary/aromatic N) is 1. The van der Waals surface area contributed by atoms with Crippen LogP contribution >= 0.6 is 11.6 Å². The highest BCUT2D eigenvalue weighted by molar-refractivity contribution is 6.30. The average Bonchev–Trinajstić information content (AvgIpc) is 2.68. The maximum Gasteiger partial charge on any atom is 0.230 e. The molecule has 0 radical (unpaired) electrons. The summed E-state index contributed by atoms with van der Waals surface area (Å²) in [5, 5.41) is 3.98. The normalized spacial score (nSPS) is 23.1. The molecule has 1 aromatic rings. The zero-order chi connectivity index (χ0) is 19.6. The van der Waals surface area contributed by atoms with Crippen LogP contribution in [0.4, 0.5) is 0 Å². The lowest BCUT2D eigenvalue weighted by Crippen LogP contribution is -2.54. The summed E-state index contributed by atoms with van der Waals surface area (Å²) in [4.78, 5) is 27.9. The lowest BCUT2D eigenvalue weighted by molar-refractivity contribution is -0.138. The second kappa shape index (κ2) is 8.44. The fourth-order valence-electron chi connectivity index (χ4n) is 5.14. The van der Waals surface area contributed by atoms with E-state index in [9.17, 15) is 9.59 Å². The van der Waals surface area contributed by atoms with E-state index in [-0.39, 0.29) is 17.9 Å². The van der Waals surface area contributed by atoms with Crippen LogP contribution < -0.4 is 5.32 Å². The summed E-state index contributed by atoms with van der Waals surface area (Å²) in [6, 6.07) is 7.91. The van der Waals surface area contributed by atoms with Crippen molar-refractivity contribution in [3.63, 3.8) is 0 Å². The molecule has 5 heteroatoms. The summed E-state index contributed by atoms with van der Waals surface area (Å²) in [7, 11) is 0. The van der Waals surface area contributed by atoms with Crippen molar-refractivity contribution in [1.29, 1.82) is 0 Å². The van der Waals surface area contributed by atoms with E-state index >= 15 is 0 Å². The van der Waals surface area contributed by atoms with E-state index in [1.54, 1.807) is 0 Å². The summed E-state index contributed by atoms with van der Waals surface area (Å²) < 4.78 is 0. The Hall–Kier alpha value is -1.55. The number of hydrogen-bond donors (Lipinski definition) is 1. The first-order valence-electron chi connectivity index (χ1n) is 10.9. The molecule has 2 saturated carbocycles. The molecule has 0 bridgehead atoms. The second-order valence-electron chi connectivity index (χ2n) is 8.85. The van der Waals surface area contributed by atoms with Crippen LogP contribution in [0.2, 0.25) is 5.02 Å². The predicted molar refractivity (Wildman–Crippen MR) is 111 cm³/mol. The molecule has 4 rings (SSSR count). The van der Waals surface area contributed by atoms with Gasteiger partial charge in [0.25, 0.3) is 0 Å². The molecule has 4 nitrogen and oxygen atoms in total. The van der Waals surface area contributed by atoms with Crippen molar-refractivity contribution in [3.05, 3.63) is 34.9 Å². The minimum atomic E-state index is -0.417. The average molecular weight is 403 g/mol. The summed E-state index contributed by atoms with van der Waals surface area (Å²) in [6.07, 6.45) is 10.3. The molecule has 0 spiro atoms. The van der Waals surface area contributed by atoms with Crippen LogP contribution in [0.5, 0.6) is 0 Å². The SMILES string of the molecule is O=C(C1CCCCC1)N1CCC(NC(=O)C2(c3cccc(Cl)c3)CCC2)CC1.